The second-order valence-corrected chi connectivity index (χ2v) is 8.68. The van der Waals surface area contributed by atoms with Crippen molar-refractivity contribution in [1.29, 1.82) is 0 Å². The van der Waals surface area contributed by atoms with Crippen LogP contribution in [0.4, 0.5) is 5.69 Å². The standard InChI is InChI=1S/C18H14BrNO2S2/c19-14-10-12-16(13-11-14)24(21,22)20-17-8-4-5-9-18(17)23-15-6-2-1-3-7-15/h1-13,20H. The number of nitrogens with one attached hydrogen (secondary N) is 1. The molecule has 0 spiro atoms. The highest BCUT2D eigenvalue weighted by Gasteiger charge is 2.16. The van der Waals surface area contributed by atoms with E-state index in [4.69, 9.17) is 0 Å². The average molecular weight is 420 g/mol. The molecule has 3 aromatic rings. The third kappa shape index (κ3) is 4.20. The van der Waals surface area contributed by atoms with Crippen molar-refractivity contribution < 1.29 is 8.42 Å². The quantitative estimate of drug-likeness (QED) is 0.601. The second kappa shape index (κ2) is 7.42. The Balaban J connectivity index is 1.89. The molecule has 0 amide bonds. The van der Waals surface area contributed by atoms with E-state index in [0.29, 0.717) is 5.69 Å². The van der Waals surface area contributed by atoms with Crippen LogP contribution in [-0.2, 0) is 10.0 Å². The lowest BCUT2D eigenvalue weighted by molar-refractivity contribution is 0.601. The van der Waals surface area contributed by atoms with E-state index in [1.54, 1.807) is 30.3 Å². The van der Waals surface area contributed by atoms with Crippen LogP contribution in [0, 0.1) is 0 Å². The first kappa shape index (κ1) is 17.1. The van der Waals surface area contributed by atoms with E-state index in [1.165, 1.54) is 11.8 Å². The van der Waals surface area contributed by atoms with Gasteiger partial charge >= 0.3 is 0 Å². The van der Waals surface area contributed by atoms with Gasteiger partial charge in [0, 0.05) is 14.3 Å². The molecule has 0 fully saturated rings. The zero-order valence-corrected chi connectivity index (χ0v) is 15.7. The zero-order valence-electron chi connectivity index (χ0n) is 12.5. The van der Waals surface area contributed by atoms with Gasteiger partial charge in [-0.15, -0.1) is 0 Å². The Morgan fingerprint density at radius 2 is 1.42 bits per heavy atom. The van der Waals surface area contributed by atoms with Gasteiger partial charge in [-0.25, -0.2) is 8.42 Å². The van der Waals surface area contributed by atoms with E-state index < -0.39 is 10.0 Å². The Bertz CT molecular complexity index is 927. The summed E-state index contributed by atoms with van der Waals surface area (Å²) in [5.41, 5.74) is 0.564. The SMILES string of the molecule is O=S(=O)(Nc1ccccc1Sc1ccccc1)c1ccc(Br)cc1. The molecule has 3 nitrogen and oxygen atoms in total. The number of hydrogen-bond donors (Lipinski definition) is 1. The van der Waals surface area contributed by atoms with Crippen molar-refractivity contribution in [2.75, 3.05) is 4.72 Å². The van der Waals surface area contributed by atoms with Crippen molar-refractivity contribution in [2.24, 2.45) is 0 Å². The van der Waals surface area contributed by atoms with E-state index in [-0.39, 0.29) is 4.90 Å². The molecule has 0 heterocycles. The number of rotatable bonds is 5. The highest BCUT2D eigenvalue weighted by Crippen LogP contribution is 2.34. The number of halogens is 1. The van der Waals surface area contributed by atoms with Crippen LogP contribution in [-0.4, -0.2) is 8.42 Å². The number of hydrogen-bond acceptors (Lipinski definition) is 3. The van der Waals surface area contributed by atoms with Gasteiger partial charge in [-0.3, -0.25) is 4.72 Å². The van der Waals surface area contributed by atoms with Gasteiger partial charge in [0.2, 0.25) is 0 Å². The van der Waals surface area contributed by atoms with Gasteiger partial charge in [0.05, 0.1) is 10.6 Å². The van der Waals surface area contributed by atoms with Gasteiger partial charge in [0.15, 0.2) is 0 Å². The van der Waals surface area contributed by atoms with Crippen LogP contribution in [0.2, 0.25) is 0 Å². The van der Waals surface area contributed by atoms with Crippen molar-refractivity contribution >= 4 is 43.4 Å². The van der Waals surface area contributed by atoms with E-state index in [0.717, 1.165) is 14.3 Å². The largest absolute Gasteiger partial charge is 0.278 e. The summed E-state index contributed by atoms with van der Waals surface area (Å²) >= 11 is 4.83. The Hall–Kier alpha value is -1.76. The Morgan fingerprint density at radius 3 is 2.12 bits per heavy atom. The Labute approximate surface area is 154 Å². The molecule has 0 radical (unpaired) electrons. The monoisotopic (exact) mass is 419 g/mol. The minimum absolute atomic E-state index is 0.227. The van der Waals surface area contributed by atoms with Gasteiger partial charge in [0.1, 0.15) is 0 Å². The molecular weight excluding hydrogens is 406 g/mol. The van der Waals surface area contributed by atoms with E-state index in [1.807, 2.05) is 48.5 Å². The number of benzene rings is 3. The highest BCUT2D eigenvalue weighted by molar-refractivity contribution is 9.10. The minimum atomic E-state index is -3.63. The molecule has 3 rings (SSSR count). The molecule has 0 aliphatic carbocycles. The Morgan fingerprint density at radius 1 is 0.792 bits per heavy atom. The van der Waals surface area contributed by atoms with Crippen LogP contribution < -0.4 is 4.72 Å². The van der Waals surface area contributed by atoms with Gasteiger partial charge in [-0.2, -0.15) is 0 Å². The van der Waals surface area contributed by atoms with E-state index in [2.05, 4.69) is 20.7 Å². The topological polar surface area (TPSA) is 46.2 Å². The molecule has 122 valence electrons. The molecule has 0 bridgehead atoms. The predicted molar refractivity (Wildman–Crippen MR) is 102 cm³/mol. The third-order valence-corrected chi connectivity index (χ3v) is 6.22. The average Bonchev–Trinajstić information content (AvgIpc) is 2.58. The fourth-order valence-corrected chi connectivity index (χ4v) is 4.40. The van der Waals surface area contributed by atoms with Crippen LogP contribution in [0.3, 0.4) is 0 Å². The summed E-state index contributed by atoms with van der Waals surface area (Å²) in [7, 11) is -3.63. The van der Waals surface area contributed by atoms with Gasteiger partial charge in [-0.1, -0.05) is 58.0 Å². The molecule has 1 N–H and O–H groups in total. The maximum Gasteiger partial charge on any atom is 0.261 e. The lowest BCUT2D eigenvalue weighted by atomic mass is 10.3. The normalized spacial score (nSPS) is 11.2. The predicted octanol–water partition coefficient (Wildman–Crippen LogP) is 5.40. The molecule has 0 saturated heterocycles. The summed E-state index contributed by atoms with van der Waals surface area (Å²) in [6.07, 6.45) is 0. The number of sulfonamides is 1. The van der Waals surface area contributed by atoms with Crippen molar-refractivity contribution in [2.45, 2.75) is 14.7 Å². The zero-order chi connectivity index (χ0) is 17.0. The molecule has 6 heteroatoms. The second-order valence-electron chi connectivity index (χ2n) is 4.97. The Kier molecular flexibility index (Phi) is 5.28. The van der Waals surface area contributed by atoms with Crippen molar-refractivity contribution in [1.82, 2.24) is 0 Å². The molecule has 0 saturated carbocycles. The first-order valence-corrected chi connectivity index (χ1v) is 10.2. The van der Waals surface area contributed by atoms with Gasteiger partial charge < -0.3 is 0 Å². The summed E-state index contributed by atoms with van der Waals surface area (Å²) in [6.45, 7) is 0. The number of anilines is 1. The minimum Gasteiger partial charge on any atom is -0.278 e. The lowest BCUT2D eigenvalue weighted by Gasteiger charge is -2.12. The first-order valence-electron chi connectivity index (χ1n) is 7.15. The molecule has 0 aliphatic heterocycles. The van der Waals surface area contributed by atoms with Crippen molar-refractivity contribution in [3.05, 3.63) is 83.3 Å². The van der Waals surface area contributed by atoms with Crippen molar-refractivity contribution in [3.63, 3.8) is 0 Å². The smallest absolute Gasteiger partial charge is 0.261 e. The van der Waals surface area contributed by atoms with Gasteiger partial charge in [0.25, 0.3) is 10.0 Å². The van der Waals surface area contributed by atoms with Crippen molar-refractivity contribution in [3.8, 4) is 0 Å². The van der Waals surface area contributed by atoms with Crippen LogP contribution in [0.25, 0.3) is 0 Å². The fourth-order valence-electron chi connectivity index (χ4n) is 2.07. The van der Waals surface area contributed by atoms with E-state index >= 15 is 0 Å². The molecule has 3 aromatic carbocycles. The van der Waals surface area contributed by atoms with Crippen LogP contribution >= 0.6 is 27.7 Å². The summed E-state index contributed by atoms with van der Waals surface area (Å²) in [6, 6.07) is 23.8. The maximum absolute atomic E-state index is 12.6. The molecular formula is C18H14BrNO2S2. The molecule has 0 unspecified atom stereocenters. The van der Waals surface area contributed by atoms with E-state index in [9.17, 15) is 8.42 Å². The van der Waals surface area contributed by atoms with Crippen LogP contribution in [0.1, 0.15) is 0 Å². The molecule has 0 aromatic heterocycles. The third-order valence-electron chi connectivity index (χ3n) is 3.23. The molecule has 0 aliphatic rings. The van der Waals surface area contributed by atoms with Gasteiger partial charge in [-0.05, 0) is 48.5 Å². The maximum atomic E-state index is 12.6. The highest BCUT2D eigenvalue weighted by atomic mass is 79.9. The summed E-state index contributed by atoms with van der Waals surface area (Å²) in [5, 5.41) is 0. The summed E-state index contributed by atoms with van der Waals surface area (Å²) in [5.74, 6) is 0. The summed E-state index contributed by atoms with van der Waals surface area (Å²) < 4.78 is 28.7. The molecule has 0 atom stereocenters. The number of para-hydroxylation sites is 1. The fraction of sp³-hybridized carbons (Fsp3) is 0. The lowest BCUT2D eigenvalue weighted by Crippen LogP contribution is -2.13. The first-order chi connectivity index (χ1) is 11.5. The van der Waals surface area contributed by atoms with Crippen LogP contribution in [0.15, 0.2) is 98.0 Å². The van der Waals surface area contributed by atoms with Crippen LogP contribution in [0.5, 0.6) is 0 Å². The summed E-state index contributed by atoms with van der Waals surface area (Å²) in [4.78, 5) is 2.13. The molecule has 24 heavy (non-hydrogen) atoms.